The Labute approximate surface area is 457 Å². The van der Waals surface area contributed by atoms with E-state index in [0.717, 1.165) is 92.1 Å². The van der Waals surface area contributed by atoms with Crippen LogP contribution in [0.3, 0.4) is 0 Å². The minimum absolute atomic E-state index is 0.0328. The van der Waals surface area contributed by atoms with Crippen molar-refractivity contribution in [1.82, 2.24) is 40.4 Å². The van der Waals surface area contributed by atoms with Gasteiger partial charge < -0.3 is 59.8 Å². The van der Waals surface area contributed by atoms with Crippen LogP contribution in [0.25, 0.3) is 21.7 Å². The number of carbonyl (C=O) groups excluding carboxylic acids is 2. The predicted octanol–water partition coefficient (Wildman–Crippen LogP) is 6.34. The number of fused-ring (bicyclic) bond motifs is 2. The van der Waals surface area contributed by atoms with Crippen LogP contribution in [0.5, 0.6) is 17.5 Å². The van der Waals surface area contributed by atoms with Crippen molar-refractivity contribution in [3.05, 3.63) is 102 Å². The van der Waals surface area contributed by atoms with Crippen molar-refractivity contribution >= 4 is 40.3 Å². The lowest BCUT2D eigenvalue weighted by Gasteiger charge is -2.43. The predicted molar refractivity (Wildman–Crippen MR) is 293 cm³/mol. The quantitative estimate of drug-likeness (QED) is 0.0594. The Bertz CT molecular complexity index is 3020. The number of benzene rings is 2. The summed E-state index contributed by atoms with van der Waals surface area (Å²) in [5.41, 5.74) is 13.7. The van der Waals surface area contributed by atoms with Crippen molar-refractivity contribution in [3.8, 4) is 39.2 Å². The molecule has 6 N–H and O–H groups in total. The molecule has 11 rings (SSSR count). The number of aliphatic hydroxyl groups is 2. The number of phenolic OH excluding ortho intramolecular Hbond substituents is 1. The first-order valence-corrected chi connectivity index (χ1v) is 28.2. The summed E-state index contributed by atoms with van der Waals surface area (Å²) < 4.78 is 24.7. The molecule has 2 unspecified atom stereocenters. The second kappa shape index (κ2) is 23.2. The van der Waals surface area contributed by atoms with Crippen molar-refractivity contribution in [1.29, 1.82) is 0 Å². The Balaban J connectivity index is 0.601. The molecule has 1 aliphatic carbocycles. The third kappa shape index (κ3) is 11.5. The number of piperazine rings is 1. The van der Waals surface area contributed by atoms with E-state index >= 15 is 0 Å². The number of thiazole rings is 1. The number of aromatic hydroxyl groups is 1. The van der Waals surface area contributed by atoms with Gasteiger partial charge in [0, 0.05) is 100 Å². The van der Waals surface area contributed by atoms with E-state index in [-0.39, 0.29) is 79.5 Å². The molecule has 5 aliphatic rings. The third-order valence-electron chi connectivity index (χ3n) is 16.2. The molecule has 8 heterocycles. The van der Waals surface area contributed by atoms with Crippen LogP contribution >= 0.6 is 11.3 Å². The number of nitrogens with two attached hydrogens (primary N) is 1. The molecule has 1 saturated carbocycles. The first kappa shape index (κ1) is 53.1. The lowest BCUT2D eigenvalue weighted by Crippen LogP contribution is -2.54. The van der Waals surface area contributed by atoms with Crippen LogP contribution in [0.2, 0.25) is 0 Å². The standard InChI is InChI=1S/C57H69N11O9S/c1-33(2)53(57(73)67-30-40(70)23-48(67)56(72)61-34(3)35-8-10-36(11-9-35)54-46(31-69)60-32-78-54)50-27-52(64-77-50)74-21-20-65-18-15-41(16-19-65)75-42-24-43(25-42)76-51-22-37(14-17-59-51)68-38-12-13-39(68)29-66(28-38)47-26-45(62-63-55(47)58)44-6-4-5-7-49(44)71/h4-11,14,17,22,26-27,32-34,38-43,48,53,69-71H,12-13,15-16,18-21,23-25,28-31H2,1-3H3,(H2,58,63)(H,61,72)/t34-,38?,39?,40+,42-,43-,48-,53-/m0/s1. The molecule has 412 valence electrons. The number of rotatable bonds is 19. The summed E-state index contributed by atoms with van der Waals surface area (Å²) in [6.07, 6.45) is 7.13. The van der Waals surface area contributed by atoms with Crippen molar-refractivity contribution in [3.63, 3.8) is 0 Å². The molecule has 2 bridgehead atoms. The summed E-state index contributed by atoms with van der Waals surface area (Å²) >= 11 is 1.46. The summed E-state index contributed by atoms with van der Waals surface area (Å²) in [5, 5.41) is 46.6. The number of carbonyl (C=O) groups is 2. The van der Waals surface area contributed by atoms with Crippen molar-refractivity contribution in [2.45, 2.75) is 127 Å². The number of hydrogen-bond donors (Lipinski definition) is 5. The molecule has 5 fully saturated rings. The van der Waals surface area contributed by atoms with Gasteiger partial charge in [-0.05, 0) is 79.1 Å². The van der Waals surface area contributed by atoms with E-state index in [0.29, 0.717) is 53.4 Å². The Morgan fingerprint density at radius 3 is 2.40 bits per heavy atom. The SMILES string of the molecule is CC(C)[C@H](C(=O)N1C[C@H](O)C[C@H]1C(=O)N[C@@H](C)c1ccc(-c2scnc2CO)cc1)c1cc(OCCN2CCC(O[C@H]3C[C@H](Oc4cc(N5C6CCC5CN(c5cc(-c7ccccc7O)nnc5N)C6)ccn4)C3)CC2)no1. The Kier molecular flexibility index (Phi) is 15.8. The monoisotopic (exact) mass is 1080 g/mol. The van der Waals surface area contributed by atoms with Gasteiger partial charge in [-0.1, -0.05) is 50.2 Å². The first-order chi connectivity index (χ1) is 37.8. The molecule has 78 heavy (non-hydrogen) atoms. The number of aromatic nitrogens is 5. The largest absolute Gasteiger partial charge is 0.507 e. The van der Waals surface area contributed by atoms with Gasteiger partial charge in [0.25, 0.3) is 5.88 Å². The number of pyridine rings is 1. The van der Waals surface area contributed by atoms with Gasteiger partial charge in [0.05, 0.1) is 58.4 Å². The van der Waals surface area contributed by atoms with Gasteiger partial charge in [-0.25, -0.2) is 9.97 Å². The number of ether oxygens (including phenoxy) is 3. The number of anilines is 3. The fourth-order valence-corrected chi connectivity index (χ4v) is 12.8. The van der Waals surface area contributed by atoms with Gasteiger partial charge in [0.2, 0.25) is 17.7 Å². The smallest absolute Gasteiger partial charge is 0.254 e. The van der Waals surface area contributed by atoms with E-state index in [4.69, 9.17) is 24.5 Å². The first-order valence-electron chi connectivity index (χ1n) is 27.3. The van der Waals surface area contributed by atoms with E-state index < -0.39 is 18.1 Å². The molecule has 4 aliphatic heterocycles. The zero-order valence-electron chi connectivity index (χ0n) is 44.3. The number of nitrogens with one attached hydrogen (secondary N) is 1. The number of nitrogens with zero attached hydrogens (tertiary/aromatic N) is 9. The highest BCUT2D eigenvalue weighted by molar-refractivity contribution is 7.13. The number of piperidine rings is 1. The van der Waals surface area contributed by atoms with Gasteiger partial charge in [0.1, 0.15) is 30.4 Å². The lowest BCUT2D eigenvalue weighted by molar-refractivity contribution is -0.141. The number of likely N-dealkylation sites (tertiary alicyclic amines) is 2. The number of β-amino-alcohol motifs (C(OH)–C–C–N with tert-alkyl or cyclic N) is 1. The fraction of sp³-hybridized carbons (Fsp3) is 0.491. The van der Waals surface area contributed by atoms with E-state index in [1.54, 1.807) is 23.7 Å². The zero-order chi connectivity index (χ0) is 54.0. The minimum atomic E-state index is -0.858. The molecular weight excluding hydrogens is 1010 g/mol. The van der Waals surface area contributed by atoms with Crippen LogP contribution in [0.1, 0.15) is 94.7 Å². The molecule has 4 saturated heterocycles. The maximum atomic E-state index is 14.3. The zero-order valence-corrected chi connectivity index (χ0v) is 45.1. The Morgan fingerprint density at radius 1 is 0.885 bits per heavy atom. The van der Waals surface area contributed by atoms with Crippen molar-refractivity contribution in [2.24, 2.45) is 5.92 Å². The maximum absolute atomic E-state index is 14.3. The Morgan fingerprint density at radius 2 is 1.65 bits per heavy atom. The van der Waals surface area contributed by atoms with Crippen molar-refractivity contribution < 1.29 is 43.6 Å². The highest BCUT2D eigenvalue weighted by atomic mass is 32.1. The van der Waals surface area contributed by atoms with E-state index in [2.05, 4.69) is 57.5 Å². The van der Waals surface area contributed by atoms with Crippen LogP contribution in [-0.2, 0) is 20.9 Å². The van der Waals surface area contributed by atoms with Crippen LogP contribution in [-0.4, -0.2) is 151 Å². The summed E-state index contributed by atoms with van der Waals surface area (Å²) in [5.74, 6) is 0.219. The number of amides is 2. The van der Waals surface area contributed by atoms with Crippen LogP contribution in [0.4, 0.5) is 17.2 Å². The molecule has 20 nitrogen and oxygen atoms in total. The average Bonchev–Trinajstić information content (AvgIpc) is 4.36. The fourth-order valence-electron chi connectivity index (χ4n) is 12.0. The van der Waals surface area contributed by atoms with Gasteiger partial charge in [0.15, 0.2) is 11.6 Å². The van der Waals surface area contributed by atoms with Gasteiger partial charge in [-0.3, -0.25) is 14.5 Å². The summed E-state index contributed by atoms with van der Waals surface area (Å²) in [4.78, 5) is 46.4. The molecule has 2 amide bonds. The van der Waals surface area contributed by atoms with Gasteiger partial charge in [-0.2, -0.15) is 0 Å². The summed E-state index contributed by atoms with van der Waals surface area (Å²) in [7, 11) is 0. The molecule has 6 atom stereocenters. The second-order valence-electron chi connectivity index (χ2n) is 21.7. The highest BCUT2D eigenvalue weighted by Gasteiger charge is 2.45. The lowest BCUT2D eigenvalue weighted by atomic mass is 9.91. The van der Waals surface area contributed by atoms with Crippen molar-refractivity contribution in [2.75, 3.05) is 61.4 Å². The number of aliphatic hydroxyl groups excluding tert-OH is 2. The molecule has 4 aromatic heterocycles. The van der Waals surface area contributed by atoms with E-state index in [9.17, 15) is 24.9 Å². The van der Waals surface area contributed by atoms with Gasteiger partial charge >= 0.3 is 0 Å². The summed E-state index contributed by atoms with van der Waals surface area (Å²) in [6, 6.07) is 21.9. The average molecular weight is 1080 g/mol. The minimum Gasteiger partial charge on any atom is -0.507 e. The van der Waals surface area contributed by atoms with Crippen LogP contribution < -0.4 is 30.3 Å². The van der Waals surface area contributed by atoms with Gasteiger partial charge in [-0.15, -0.1) is 21.5 Å². The van der Waals surface area contributed by atoms with E-state index in [1.165, 1.54) is 16.2 Å². The Hall–Kier alpha value is -6.91. The third-order valence-corrected chi connectivity index (χ3v) is 17.1. The molecular formula is C57H69N11O9S. The molecule has 21 heteroatoms. The number of para-hydroxylation sites is 1. The normalized spacial score (nSPS) is 23.3. The number of phenols is 1. The molecule has 0 radical (unpaired) electrons. The topological polar surface area (TPSA) is 251 Å². The molecule has 0 spiro atoms. The molecule has 6 aromatic rings. The summed E-state index contributed by atoms with van der Waals surface area (Å²) in [6.45, 7) is 10.0. The number of nitrogen functional groups attached to an aromatic ring is 1. The van der Waals surface area contributed by atoms with Crippen LogP contribution in [0, 0.1) is 5.92 Å². The second-order valence-corrected chi connectivity index (χ2v) is 22.6. The number of hydrogen-bond acceptors (Lipinski definition) is 19. The maximum Gasteiger partial charge on any atom is 0.254 e. The van der Waals surface area contributed by atoms with E-state index in [1.807, 2.05) is 69.4 Å². The molecule has 2 aromatic carbocycles. The van der Waals surface area contributed by atoms with Crippen LogP contribution in [0.15, 0.2) is 89.0 Å². The highest BCUT2D eigenvalue weighted by Crippen LogP contribution is 2.41.